The molecule has 0 bridgehead atoms. The smallest absolute Gasteiger partial charge is 0.243 e. The summed E-state index contributed by atoms with van der Waals surface area (Å²) in [6.07, 6.45) is 5.03. The van der Waals surface area contributed by atoms with E-state index in [9.17, 15) is 0 Å². The largest absolute Gasteiger partial charge is 0.245 e. The molecule has 0 aliphatic heterocycles. The van der Waals surface area contributed by atoms with Crippen molar-refractivity contribution in [3.63, 3.8) is 0 Å². The van der Waals surface area contributed by atoms with Crippen molar-refractivity contribution in [2.75, 3.05) is 5.43 Å². The molecule has 1 aromatic heterocycles. The van der Waals surface area contributed by atoms with E-state index >= 15 is 0 Å². The maximum absolute atomic E-state index is 4.03. The van der Waals surface area contributed by atoms with E-state index in [4.69, 9.17) is 0 Å². The Morgan fingerprint density at radius 2 is 1.81 bits per heavy atom. The lowest BCUT2D eigenvalue weighted by Gasteiger charge is -1.97. The van der Waals surface area contributed by atoms with Gasteiger partial charge in [0.2, 0.25) is 5.95 Å². The van der Waals surface area contributed by atoms with E-state index in [1.165, 1.54) is 0 Å². The van der Waals surface area contributed by atoms with Gasteiger partial charge in [0, 0.05) is 12.4 Å². The molecule has 80 valence electrons. The highest BCUT2D eigenvalue weighted by molar-refractivity contribution is 9.10. The fraction of sp³-hybridized carbons (Fsp3) is 0. The molecule has 16 heavy (non-hydrogen) atoms. The Kier molecular flexibility index (Phi) is 3.61. The minimum atomic E-state index is 0.468. The van der Waals surface area contributed by atoms with Gasteiger partial charge in [-0.15, -0.1) is 0 Å². The van der Waals surface area contributed by atoms with Gasteiger partial charge in [-0.3, -0.25) is 0 Å². The molecular weight excluding hydrogens is 268 g/mol. The first-order chi connectivity index (χ1) is 7.84. The molecule has 0 atom stereocenters. The highest BCUT2D eigenvalue weighted by Gasteiger charge is 1.91. The normalized spacial score (nSPS) is 10.6. The zero-order chi connectivity index (χ0) is 11.2. The van der Waals surface area contributed by atoms with Gasteiger partial charge in [0.05, 0.1) is 10.7 Å². The van der Waals surface area contributed by atoms with Crippen molar-refractivity contribution in [3.8, 4) is 0 Å². The third-order valence-electron chi connectivity index (χ3n) is 1.80. The third kappa shape index (κ3) is 3.13. The first kappa shape index (κ1) is 10.8. The predicted molar refractivity (Wildman–Crippen MR) is 67.4 cm³/mol. The van der Waals surface area contributed by atoms with Gasteiger partial charge in [-0.25, -0.2) is 15.4 Å². The van der Waals surface area contributed by atoms with Crippen molar-refractivity contribution in [3.05, 3.63) is 52.8 Å². The summed E-state index contributed by atoms with van der Waals surface area (Å²) in [5.74, 6) is 0.468. The van der Waals surface area contributed by atoms with Gasteiger partial charge in [0.25, 0.3) is 0 Å². The second-order valence-corrected chi connectivity index (χ2v) is 3.92. The lowest BCUT2D eigenvalue weighted by Crippen LogP contribution is -1.95. The molecule has 2 aromatic rings. The zero-order valence-electron chi connectivity index (χ0n) is 8.34. The van der Waals surface area contributed by atoms with Gasteiger partial charge >= 0.3 is 0 Å². The van der Waals surface area contributed by atoms with Crippen LogP contribution in [-0.4, -0.2) is 16.2 Å². The molecule has 1 N–H and O–H groups in total. The molecule has 1 heterocycles. The second kappa shape index (κ2) is 5.37. The van der Waals surface area contributed by atoms with Gasteiger partial charge in [-0.1, -0.05) is 30.3 Å². The number of hydrogen-bond acceptors (Lipinski definition) is 4. The van der Waals surface area contributed by atoms with Crippen LogP contribution in [-0.2, 0) is 0 Å². The Bertz CT molecular complexity index is 467. The second-order valence-electron chi connectivity index (χ2n) is 3.01. The van der Waals surface area contributed by atoms with Crippen LogP contribution in [0, 0.1) is 0 Å². The molecule has 0 aliphatic carbocycles. The van der Waals surface area contributed by atoms with Crippen LogP contribution in [0.5, 0.6) is 0 Å². The molecule has 0 unspecified atom stereocenters. The molecule has 1 aromatic carbocycles. The summed E-state index contributed by atoms with van der Waals surface area (Å²) in [7, 11) is 0. The van der Waals surface area contributed by atoms with Crippen molar-refractivity contribution < 1.29 is 0 Å². The Labute approximate surface area is 102 Å². The van der Waals surface area contributed by atoms with Crippen LogP contribution in [0.3, 0.4) is 0 Å². The maximum atomic E-state index is 4.03. The highest BCUT2D eigenvalue weighted by atomic mass is 79.9. The van der Waals surface area contributed by atoms with E-state index in [1.54, 1.807) is 18.6 Å². The summed E-state index contributed by atoms with van der Waals surface area (Å²) < 4.78 is 0.838. The SMILES string of the molecule is Brc1cnc(N/N=C/c2ccccc2)nc1. The molecule has 0 saturated heterocycles. The van der Waals surface area contributed by atoms with Crippen LogP contribution in [0.15, 0.2) is 52.3 Å². The number of benzene rings is 1. The first-order valence-corrected chi connectivity index (χ1v) is 5.45. The van der Waals surface area contributed by atoms with Crippen LogP contribution in [0.4, 0.5) is 5.95 Å². The van der Waals surface area contributed by atoms with Crippen molar-refractivity contribution in [2.24, 2.45) is 5.10 Å². The fourth-order valence-corrected chi connectivity index (χ4v) is 1.28. The topological polar surface area (TPSA) is 50.2 Å². The molecule has 0 spiro atoms. The summed E-state index contributed by atoms with van der Waals surface area (Å²) in [6.45, 7) is 0. The summed E-state index contributed by atoms with van der Waals surface area (Å²) in [4.78, 5) is 8.05. The van der Waals surface area contributed by atoms with Gasteiger partial charge in [-0.2, -0.15) is 5.10 Å². The summed E-state index contributed by atoms with van der Waals surface area (Å²) in [6, 6.07) is 9.80. The molecule has 0 fully saturated rings. The third-order valence-corrected chi connectivity index (χ3v) is 2.21. The van der Waals surface area contributed by atoms with Gasteiger partial charge in [0.1, 0.15) is 0 Å². The molecule has 0 amide bonds. The Hall–Kier alpha value is -1.75. The van der Waals surface area contributed by atoms with Gasteiger partial charge in [0.15, 0.2) is 0 Å². The van der Waals surface area contributed by atoms with E-state index < -0.39 is 0 Å². The van der Waals surface area contributed by atoms with Crippen molar-refractivity contribution in [1.82, 2.24) is 9.97 Å². The van der Waals surface area contributed by atoms with E-state index in [0.29, 0.717) is 5.95 Å². The molecule has 0 saturated carbocycles. The van der Waals surface area contributed by atoms with E-state index in [2.05, 4.69) is 36.4 Å². The number of rotatable bonds is 3. The molecule has 5 heteroatoms. The van der Waals surface area contributed by atoms with Crippen molar-refractivity contribution >= 4 is 28.1 Å². The van der Waals surface area contributed by atoms with Crippen LogP contribution in [0.1, 0.15) is 5.56 Å². The Balaban J connectivity index is 1.97. The van der Waals surface area contributed by atoms with E-state index in [0.717, 1.165) is 10.0 Å². The Morgan fingerprint density at radius 1 is 1.12 bits per heavy atom. The lowest BCUT2D eigenvalue weighted by molar-refractivity contribution is 1.11. The number of hydrazone groups is 1. The number of aromatic nitrogens is 2. The quantitative estimate of drug-likeness (QED) is 0.693. The minimum absolute atomic E-state index is 0.468. The van der Waals surface area contributed by atoms with Gasteiger partial charge in [-0.05, 0) is 21.5 Å². The van der Waals surface area contributed by atoms with E-state index in [1.807, 2.05) is 30.3 Å². The summed E-state index contributed by atoms with van der Waals surface area (Å²) in [5, 5.41) is 4.03. The van der Waals surface area contributed by atoms with Crippen LogP contribution in [0.2, 0.25) is 0 Å². The maximum Gasteiger partial charge on any atom is 0.243 e. The zero-order valence-corrected chi connectivity index (χ0v) is 9.92. The first-order valence-electron chi connectivity index (χ1n) is 4.66. The van der Waals surface area contributed by atoms with Crippen LogP contribution < -0.4 is 5.43 Å². The monoisotopic (exact) mass is 276 g/mol. The number of nitrogens with zero attached hydrogens (tertiary/aromatic N) is 3. The van der Waals surface area contributed by atoms with E-state index in [-0.39, 0.29) is 0 Å². The minimum Gasteiger partial charge on any atom is -0.245 e. The molecule has 0 aliphatic rings. The highest BCUT2D eigenvalue weighted by Crippen LogP contribution is 2.06. The Morgan fingerprint density at radius 3 is 2.50 bits per heavy atom. The molecule has 4 nitrogen and oxygen atoms in total. The average molecular weight is 277 g/mol. The van der Waals surface area contributed by atoms with Gasteiger partial charge < -0.3 is 0 Å². The number of hydrogen-bond donors (Lipinski definition) is 1. The number of anilines is 1. The van der Waals surface area contributed by atoms with Crippen molar-refractivity contribution in [2.45, 2.75) is 0 Å². The molecule has 0 radical (unpaired) electrons. The van der Waals surface area contributed by atoms with Crippen LogP contribution >= 0.6 is 15.9 Å². The number of halogens is 1. The van der Waals surface area contributed by atoms with Crippen molar-refractivity contribution in [1.29, 1.82) is 0 Å². The standard InChI is InChI=1S/C11H9BrN4/c12-10-7-13-11(14-8-10)16-15-6-9-4-2-1-3-5-9/h1-8H,(H,13,14,16)/b15-6+. The summed E-state index contributed by atoms with van der Waals surface area (Å²) >= 11 is 3.26. The molecular formula is C11H9BrN4. The predicted octanol–water partition coefficient (Wildman–Crippen LogP) is 2.69. The number of nitrogens with one attached hydrogen (secondary N) is 1. The summed E-state index contributed by atoms with van der Waals surface area (Å²) in [5.41, 5.74) is 3.77. The fourth-order valence-electron chi connectivity index (χ4n) is 1.07. The average Bonchev–Trinajstić information content (AvgIpc) is 2.33. The van der Waals surface area contributed by atoms with Crippen LogP contribution in [0.25, 0.3) is 0 Å². The lowest BCUT2D eigenvalue weighted by atomic mass is 10.2. The molecule has 2 rings (SSSR count).